The standard InChI is InChI=1S/C9H12N2O.CH5N/c1-7-4-3-5-8(6-7)11-9(12)10-2;1-2/h3-6H,1-2H3,(H2,10,11,12);2H2,1H3. The van der Waals surface area contributed by atoms with Gasteiger partial charge in [-0.25, -0.2) is 4.79 Å². The highest BCUT2D eigenvalue weighted by molar-refractivity contribution is 5.88. The van der Waals surface area contributed by atoms with Crippen LogP contribution in [0.25, 0.3) is 0 Å². The molecule has 1 aromatic rings. The molecule has 4 heteroatoms. The lowest BCUT2D eigenvalue weighted by Crippen LogP contribution is -2.24. The van der Waals surface area contributed by atoms with E-state index in [2.05, 4.69) is 16.4 Å². The second-order valence-corrected chi connectivity index (χ2v) is 2.57. The molecule has 14 heavy (non-hydrogen) atoms. The van der Waals surface area contributed by atoms with Crippen molar-refractivity contribution in [2.24, 2.45) is 5.73 Å². The largest absolute Gasteiger partial charge is 0.341 e. The van der Waals surface area contributed by atoms with Gasteiger partial charge >= 0.3 is 6.03 Å². The summed E-state index contributed by atoms with van der Waals surface area (Å²) >= 11 is 0. The number of hydrogen-bond acceptors (Lipinski definition) is 2. The fraction of sp³-hybridized carbons (Fsp3) is 0.300. The number of carbonyl (C=O) groups is 1. The lowest BCUT2D eigenvalue weighted by Gasteiger charge is -2.03. The van der Waals surface area contributed by atoms with Crippen LogP contribution in [0.15, 0.2) is 24.3 Å². The van der Waals surface area contributed by atoms with Crippen molar-refractivity contribution in [3.8, 4) is 0 Å². The summed E-state index contributed by atoms with van der Waals surface area (Å²) in [6.07, 6.45) is 0. The molecular weight excluding hydrogens is 178 g/mol. The topological polar surface area (TPSA) is 67.1 Å². The molecule has 0 heterocycles. The van der Waals surface area contributed by atoms with Crippen molar-refractivity contribution in [1.82, 2.24) is 5.32 Å². The number of rotatable bonds is 1. The van der Waals surface area contributed by atoms with Gasteiger partial charge in [0.2, 0.25) is 0 Å². The Morgan fingerprint density at radius 1 is 1.36 bits per heavy atom. The Kier molecular flexibility index (Phi) is 6.15. The van der Waals surface area contributed by atoms with Crippen LogP contribution in [0.3, 0.4) is 0 Å². The number of anilines is 1. The zero-order valence-corrected chi connectivity index (χ0v) is 8.79. The molecule has 0 unspecified atom stereocenters. The van der Waals surface area contributed by atoms with Crippen molar-refractivity contribution >= 4 is 11.7 Å². The van der Waals surface area contributed by atoms with Crippen LogP contribution in [0, 0.1) is 6.92 Å². The Hall–Kier alpha value is -1.55. The highest BCUT2D eigenvalue weighted by atomic mass is 16.2. The van der Waals surface area contributed by atoms with E-state index >= 15 is 0 Å². The van der Waals surface area contributed by atoms with Crippen molar-refractivity contribution in [2.45, 2.75) is 6.92 Å². The van der Waals surface area contributed by atoms with Crippen molar-refractivity contribution in [3.05, 3.63) is 29.8 Å². The lowest BCUT2D eigenvalue weighted by molar-refractivity contribution is 0.254. The Labute approximate surface area is 84.5 Å². The smallest absolute Gasteiger partial charge is 0.318 e. The van der Waals surface area contributed by atoms with E-state index in [0.29, 0.717) is 0 Å². The van der Waals surface area contributed by atoms with Gasteiger partial charge in [0.1, 0.15) is 0 Å². The molecule has 0 aliphatic rings. The predicted octanol–water partition coefficient (Wildman–Crippen LogP) is 1.32. The Morgan fingerprint density at radius 3 is 2.50 bits per heavy atom. The normalized spacial score (nSPS) is 8.29. The highest BCUT2D eigenvalue weighted by Crippen LogP contribution is 2.08. The molecule has 0 fully saturated rings. The summed E-state index contributed by atoms with van der Waals surface area (Å²) in [6.45, 7) is 1.98. The highest BCUT2D eigenvalue weighted by Gasteiger charge is 1.96. The molecule has 0 atom stereocenters. The molecule has 0 bridgehead atoms. The first-order chi connectivity index (χ1) is 6.72. The summed E-state index contributed by atoms with van der Waals surface area (Å²) in [5.41, 5.74) is 6.44. The van der Waals surface area contributed by atoms with E-state index in [1.807, 2.05) is 31.2 Å². The molecule has 0 saturated carbocycles. The summed E-state index contributed by atoms with van der Waals surface area (Å²) < 4.78 is 0. The maximum Gasteiger partial charge on any atom is 0.318 e. The lowest BCUT2D eigenvalue weighted by atomic mass is 10.2. The molecule has 1 rings (SSSR count). The molecule has 0 aliphatic carbocycles. The molecule has 0 spiro atoms. The van der Waals surface area contributed by atoms with Gasteiger partial charge in [-0.05, 0) is 31.7 Å². The third-order valence-electron chi connectivity index (χ3n) is 1.50. The van der Waals surface area contributed by atoms with Gasteiger partial charge in [0, 0.05) is 12.7 Å². The van der Waals surface area contributed by atoms with Crippen LogP contribution in [-0.2, 0) is 0 Å². The molecule has 1 aromatic carbocycles. The number of amides is 2. The van der Waals surface area contributed by atoms with Gasteiger partial charge in [-0.15, -0.1) is 0 Å². The van der Waals surface area contributed by atoms with Crippen LogP contribution in [0.4, 0.5) is 10.5 Å². The van der Waals surface area contributed by atoms with Crippen LogP contribution in [0.2, 0.25) is 0 Å². The van der Waals surface area contributed by atoms with E-state index < -0.39 is 0 Å². The zero-order chi connectivity index (χ0) is 11.0. The van der Waals surface area contributed by atoms with Gasteiger partial charge in [-0.1, -0.05) is 12.1 Å². The van der Waals surface area contributed by atoms with Gasteiger partial charge in [-0.2, -0.15) is 0 Å². The second-order valence-electron chi connectivity index (χ2n) is 2.57. The minimum atomic E-state index is -0.194. The van der Waals surface area contributed by atoms with Gasteiger partial charge in [0.15, 0.2) is 0 Å². The van der Waals surface area contributed by atoms with Crippen molar-refractivity contribution < 1.29 is 4.79 Å². The van der Waals surface area contributed by atoms with Crippen molar-refractivity contribution in [1.29, 1.82) is 0 Å². The number of urea groups is 1. The van der Waals surface area contributed by atoms with Crippen molar-refractivity contribution in [3.63, 3.8) is 0 Å². The number of nitrogens with one attached hydrogen (secondary N) is 2. The molecule has 0 saturated heterocycles. The number of hydrogen-bond donors (Lipinski definition) is 3. The van der Waals surface area contributed by atoms with Crippen LogP contribution >= 0.6 is 0 Å². The number of carbonyl (C=O) groups excluding carboxylic acids is 1. The summed E-state index contributed by atoms with van der Waals surface area (Å²) in [5.74, 6) is 0. The van der Waals surface area contributed by atoms with Gasteiger partial charge in [-0.3, -0.25) is 0 Å². The van der Waals surface area contributed by atoms with Crippen LogP contribution in [0.5, 0.6) is 0 Å². The van der Waals surface area contributed by atoms with Crippen LogP contribution in [-0.4, -0.2) is 20.1 Å². The monoisotopic (exact) mass is 195 g/mol. The molecule has 0 aliphatic heterocycles. The molecule has 0 radical (unpaired) electrons. The number of nitrogens with two attached hydrogens (primary N) is 1. The van der Waals surface area contributed by atoms with Gasteiger partial charge in [0.05, 0.1) is 0 Å². The van der Waals surface area contributed by atoms with E-state index in [1.54, 1.807) is 7.05 Å². The van der Waals surface area contributed by atoms with E-state index in [1.165, 1.54) is 7.05 Å². The minimum Gasteiger partial charge on any atom is -0.341 e. The molecule has 2 amide bonds. The molecule has 4 nitrogen and oxygen atoms in total. The van der Waals surface area contributed by atoms with Crippen LogP contribution in [0.1, 0.15) is 5.56 Å². The fourth-order valence-electron chi connectivity index (χ4n) is 0.916. The first-order valence-corrected chi connectivity index (χ1v) is 4.35. The zero-order valence-electron chi connectivity index (χ0n) is 8.79. The van der Waals surface area contributed by atoms with Gasteiger partial charge < -0.3 is 16.4 Å². The molecular formula is C10H17N3O. The average Bonchev–Trinajstić information content (AvgIpc) is 2.21. The van der Waals surface area contributed by atoms with Crippen molar-refractivity contribution in [2.75, 3.05) is 19.4 Å². The maximum absolute atomic E-state index is 10.9. The first kappa shape index (κ1) is 12.4. The Bertz CT molecular complexity index is 286. The summed E-state index contributed by atoms with van der Waals surface area (Å²) in [7, 11) is 3.09. The Balaban J connectivity index is 0.000000791. The minimum absolute atomic E-state index is 0.194. The third kappa shape index (κ3) is 4.47. The predicted molar refractivity (Wildman–Crippen MR) is 59.4 cm³/mol. The summed E-state index contributed by atoms with van der Waals surface area (Å²) in [5, 5.41) is 5.17. The SMILES string of the molecule is CN.CNC(=O)Nc1cccc(C)c1. The summed E-state index contributed by atoms with van der Waals surface area (Å²) in [6, 6.07) is 7.45. The van der Waals surface area contributed by atoms with Crippen LogP contribution < -0.4 is 16.4 Å². The maximum atomic E-state index is 10.9. The average molecular weight is 195 g/mol. The Morgan fingerprint density at radius 2 is 2.00 bits per heavy atom. The third-order valence-corrected chi connectivity index (χ3v) is 1.50. The molecule has 0 aromatic heterocycles. The van der Waals surface area contributed by atoms with E-state index in [4.69, 9.17) is 0 Å². The summed E-state index contributed by atoms with van der Waals surface area (Å²) in [4.78, 5) is 10.9. The molecule has 78 valence electrons. The van der Waals surface area contributed by atoms with Gasteiger partial charge in [0.25, 0.3) is 0 Å². The quantitative estimate of drug-likeness (QED) is 0.632. The van der Waals surface area contributed by atoms with E-state index in [-0.39, 0.29) is 6.03 Å². The molecule has 4 N–H and O–H groups in total. The number of aryl methyl sites for hydroxylation is 1. The first-order valence-electron chi connectivity index (χ1n) is 4.35. The fourth-order valence-corrected chi connectivity index (χ4v) is 0.916. The van der Waals surface area contributed by atoms with E-state index in [9.17, 15) is 4.79 Å². The second kappa shape index (κ2) is 6.91. The number of benzene rings is 1. The van der Waals surface area contributed by atoms with E-state index in [0.717, 1.165) is 11.3 Å².